The van der Waals surface area contributed by atoms with Crippen LogP contribution < -0.4 is 4.74 Å². The lowest BCUT2D eigenvalue weighted by Gasteiger charge is -2.25. The number of ether oxygens (including phenoxy) is 1. The van der Waals surface area contributed by atoms with Crippen LogP contribution in [0.15, 0.2) is 53.6 Å². The molecule has 2 aromatic carbocycles. The topological polar surface area (TPSA) is 62.2 Å². The molecule has 0 saturated heterocycles. The number of hydrogen-bond acceptors (Lipinski definition) is 4. The van der Waals surface area contributed by atoms with Crippen LogP contribution in [-0.4, -0.2) is 48.1 Å². The molecule has 0 aromatic heterocycles. The predicted octanol–water partition coefficient (Wildman–Crippen LogP) is 3.89. The highest BCUT2D eigenvalue weighted by atomic mass is 35.5. The minimum absolute atomic E-state index is 0.0440. The molecule has 0 bridgehead atoms. The van der Waals surface area contributed by atoms with Gasteiger partial charge in [0.15, 0.2) is 0 Å². The van der Waals surface area contributed by atoms with Gasteiger partial charge in [-0.05, 0) is 12.1 Å². The van der Waals surface area contributed by atoms with E-state index in [9.17, 15) is 9.59 Å². The molecule has 2 amide bonds. The van der Waals surface area contributed by atoms with Crippen molar-refractivity contribution >= 4 is 29.1 Å². The molecule has 7 heteroatoms. The fourth-order valence-corrected chi connectivity index (χ4v) is 3.66. The third-order valence-corrected chi connectivity index (χ3v) is 5.28. The van der Waals surface area contributed by atoms with Crippen molar-refractivity contribution < 1.29 is 14.3 Å². The van der Waals surface area contributed by atoms with Crippen LogP contribution in [0.1, 0.15) is 36.9 Å². The Hall–Kier alpha value is -2.86. The van der Waals surface area contributed by atoms with Crippen LogP contribution in [0.4, 0.5) is 0 Å². The zero-order chi connectivity index (χ0) is 21.0. The quantitative estimate of drug-likeness (QED) is 0.721. The molecule has 1 aliphatic heterocycles. The number of nitrogens with zero attached hydrogens (tertiary/aromatic N) is 3. The molecular weight excluding hydrogens is 390 g/mol. The lowest BCUT2D eigenvalue weighted by Crippen LogP contribution is -2.39. The first-order valence-corrected chi connectivity index (χ1v) is 9.85. The SMILES string of the molecule is CCC(=O)N(C)CC(=O)N1N=C(c2ccccc2Cl)C[C@@H]1c1ccccc1OC. The van der Waals surface area contributed by atoms with Crippen molar-refractivity contribution in [2.24, 2.45) is 5.10 Å². The molecule has 0 fully saturated rings. The van der Waals surface area contributed by atoms with Crippen LogP contribution in [-0.2, 0) is 9.59 Å². The molecule has 29 heavy (non-hydrogen) atoms. The number of benzene rings is 2. The van der Waals surface area contributed by atoms with E-state index in [1.54, 1.807) is 27.1 Å². The molecule has 1 heterocycles. The van der Waals surface area contributed by atoms with Gasteiger partial charge in [-0.15, -0.1) is 0 Å². The molecule has 6 nitrogen and oxygen atoms in total. The van der Waals surface area contributed by atoms with Crippen molar-refractivity contribution in [3.8, 4) is 5.75 Å². The van der Waals surface area contributed by atoms with E-state index in [1.807, 2.05) is 42.5 Å². The summed E-state index contributed by atoms with van der Waals surface area (Å²) in [4.78, 5) is 26.4. The highest BCUT2D eigenvalue weighted by Gasteiger charge is 2.35. The third-order valence-electron chi connectivity index (χ3n) is 4.95. The van der Waals surface area contributed by atoms with Gasteiger partial charge in [0.1, 0.15) is 12.3 Å². The lowest BCUT2D eigenvalue weighted by atomic mass is 9.97. The summed E-state index contributed by atoms with van der Waals surface area (Å²) >= 11 is 6.37. The van der Waals surface area contributed by atoms with Crippen LogP contribution in [0.5, 0.6) is 5.75 Å². The lowest BCUT2D eigenvalue weighted by molar-refractivity contribution is -0.140. The normalized spacial score (nSPS) is 15.8. The van der Waals surface area contributed by atoms with Crippen molar-refractivity contribution in [3.05, 3.63) is 64.7 Å². The molecule has 1 atom stereocenters. The van der Waals surface area contributed by atoms with Gasteiger partial charge in [0.05, 0.1) is 18.9 Å². The minimum Gasteiger partial charge on any atom is -0.496 e. The predicted molar refractivity (Wildman–Crippen MR) is 113 cm³/mol. The average Bonchev–Trinajstić information content (AvgIpc) is 3.18. The molecule has 0 aliphatic carbocycles. The maximum absolute atomic E-state index is 13.1. The Morgan fingerprint density at radius 1 is 1.21 bits per heavy atom. The first-order chi connectivity index (χ1) is 14.0. The summed E-state index contributed by atoms with van der Waals surface area (Å²) in [6.45, 7) is 1.72. The number of hydrazone groups is 1. The summed E-state index contributed by atoms with van der Waals surface area (Å²) in [5.41, 5.74) is 2.38. The number of halogens is 1. The van der Waals surface area contributed by atoms with E-state index < -0.39 is 0 Å². The summed E-state index contributed by atoms with van der Waals surface area (Å²) in [7, 11) is 3.22. The first-order valence-electron chi connectivity index (χ1n) is 9.47. The Labute approximate surface area is 175 Å². The number of rotatable bonds is 6. The Balaban J connectivity index is 1.97. The van der Waals surface area contributed by atoms with Gasteiger partial charge in [0, 0.05) is 36.0 Å². The van der Waals surface area contributed by atoms with Crippen LogP contribution >= 0.6 is 11.6 Å². The molecule has 0 spiro atoms. The second-order valence-corrected chi connectivity index (χ2v) is 7.24. The van der Waals surface area contributed by atoms with E-state index in [0.717, 1.165) is 16.8 Å². The first kappa shape index (κ1) is 20.9. The number of hydrogen-bond donors (Lipinski definition) is 0. The molecule has 2 aromatic rings. The fourth-order valence-electron chi connectivity index (χ4n) is 3.42. The zero-order valence-corrected chi connectivity index (χ0v) is 17.5. The van der Waals surface area contributed by atoms with Gasteiger partial charge in [-0.25, -0.2) is 5.01 Å². The summed E-state index contributed by atoms with van der Waals surface area (Å²) < 4.78 is 5.51. The highest BCUT2D eigenvalue weighted by molar-refractivity contribution is 6.34. The van der Waals surface area contributed by atoms with Crippen LogP contribution in [0, 0.1) is 0 Å². The van der Waals surface area contributed by atoms with Crippen molar-refractivity contribution in [2.45, 2.75) is 25.8 Å². The molecule has 0 unspecified atom stereocenters. The highest BCUT2D eigenvalue weighted by Crippen LogP contribution is 2.38. The second kappa shape index (κ2) is 9.09. The molecule has 3 rings (SSSR count). The molecule has 0 radical (unpaired) electrons. The number of methoxy groups -OCH3 is 1. The van der Waals surface area contributed by atoms with Crippen molar-refractivity contribution in [1.29, 1.82) is 0 Å². The number of carbonyl (C=O) groups excluding carboxylic acids is 2. The van der Waals surface area contributed by atoms with Gasteiger partial charge in [-0.2, -0.15) is 5.10 Å². The van der Waals surface area contributed by atoms with E-state index in [4.69, 9.17) is 16.3 Å². The van der Waals surface area contributed by atoms with E-state index >= 15 is 0 Å². The van der Waals surface area contributed by atoms with Crippen LogP contribution in [0.3, 0.4) is 0 Å². The van der Waals surface area contributed by atoms with Crippen molar-refractivity contribution in [1.82, 2.24) is 9.91 Å². The Kier molecular flexibility index (Phi) is 6.54. The minimum atomic E-state index is -0.338. The van der Waals surface area contributed by atoms with E-state index in [1.165, 1.54) is 9.91 Å². The third kappa shape index (κ3) is 4.43. The average molecular weight is 414 g/mol. The summed E-state index contributed by atoms with van der Waals surface area (Å²) in [5.74, 6) is 0.331. The molecule has 0 saturated carbocycles. The standard InChI is InChI=1S/C22H24ClN3O3/c1-4-21(27)25(2)14-22(28)26-19(16-10-6-8-12-20(16)29-3)13-18(24-26)15-9-5-7-11-17(15)23/h5-12,19H,4,13-14H2,1-3H3/t19-/m1/s1. The Bertz CT molecular complexity index is 944. The van der Waals surface area contributed by atoms with Gasteiger partial charge in [-0.3, -0.25) is 9.59 Å². The van der Waals surface area contributed by atoms with E-state index in [-0.39, 0.29) is 24.4 Å². The number of carbonyl (C=O) groups is 2. The molecule has 152 valence electrons. The molecule has 0 N–H and O–H groups in total. The van der Waals surface area contributed by atoms with Crippen LogP contribution in [0.25, 0.3) is 0 Å². The molecular formula is C22H24ClN3O3. The van der Waals surface area contributed by atoms with E-state index in [0.29, 0.717) is 23.6 Å². The monoisotopic (exact) mass is 413 g/mol. The Morgan fingerprint density at radius 3 is 2.59 bits per heavy atom. The zero-order valence-electron chi connectivity index (χ0n) is 16.8. The van der Waals surface area contributed by atoms with Crippen LogP contribution in [0.2, 0.25) is 5.02 Å². The summed E-state index contributed by atoms with van der Waals surface area (Å²) in [6.07, 6.45) is 0.842. The van der Waals surface area contributed by atoms with Crippen molar-refractivity contribution in [3.63, 3.8) is 0 Å². The maximum atomic E-state index is 13.1. The number of likely N-dealkylation sites (N-methyl/N-ethyl adjacent to an activating group) is 1. The van der Waals surface area contributed by atoms with Gasteiger partial charge in [0.2, 0.25) is 5.91 Å². The van der Waals surface area contributed by atoms with Gasteiger partial charge in [-0.1, -0.05) is 54.9 Å². The fraction of sp³-hybridized carbons (Fsp3) is 0.318. The number of para-hydroxylation sites is 1. The second-order valence-electron chi connectivity index (χ2n) is 6.83. The van der Waals surface area contributed by atoms with Gasteiger partial charge in [0.25, 0.3) is 5.91 Å². The van der Waals surface area contributed by atoms with E-state index in [2.05, 4.69) is 5.10 Å². The Morgan fingerprint density at radius 2 is 1.90 bits per heavy atom. The smallest absolute Gasteiger partial charge is 0.262 e. The summed E-state index contributed by atoms with van der Waals surface area (Å²) in [6, 6.07) is 14.7. The summed E-state index contributed by atoms with van der Waals surface area (Å²) in [5, 5.41) is 6.65. The number of amides is 2. The van der Waals surface area contributed by atoms with Gasteiger partial charge >= 0.3 is 0 Å². The molecule has 1 aliphatic rings. The van der Waals surface area contributed by atoms with Gasteiger partial charge < -0.3 is 9.64 Å². The van der Waals surface area contributed by atoms with Crippen molar-refractivity contribution in [2.75, 3.05) is 20.7 Å². The largest absolute Gasteiger partial charge is 0.496 e. The maximum Gasteiger partial charge on any atom is 0.262 e.